The van der Waals surface area contributed by atoms with Crippen LogP contribution in [0, 0.1) is 25.5 Å². The van der Waals surface area contributed by atoms with Gasteiger partial charge in [-0.1, -0.05) is 12.1 Å². The Bertz CT molecular complexity index is 603. The highest BCUT2D eigenvalue weighted by atomic mass is 79.9. The van der Waals surface area contributed by atoms with E-state index in [0.29, 0.717) is 15.6 Å². The number of rotatable bonds is 2. The third-order valence-electron chi connectivity index (χ3n) is 3.01. The summed E-state index contributed by atoms with van der Waals surface area (Å²) in [4.78, 5) is 0. The molecule has 1 unspecified atom stereocenters. The molecule has 19 heavy (non-hydrogen) atoms. The fraction of sp³-hybridized carbons (Fsp3) is 0.200. The Kier molecular flexibility index (Phi) is 4.02. The van der Waals surface area contributed by atoms with E-state index < -0.39 is 17.7 Å². The van der Waals surface area contributed by atoms with Crippen molar-refractivity contribution in [3.05, 3.63) is 68.7 Å². The Morgan fingerprint density at radius 1 is 1.05 bits per heavy atom. The van der Waals surface area contributed by atoms with Crippen molar-refractivity contribution in [2.75, 3.05) is 0 Å². The minimum absolute atomic E-state index is 0.187. The molecule has 0 saturated carbocycles. The molecule has 2 rings (SSSR count). The molecular formula is C15H13BrF2O. The van der Waals surface area contributed by atoms with E-state index >= 15 is 0 Å². The molecule has 0 radical (unpaired) electrons. The first kappa shape index (κ1) is 14.2. The van der Waals surface area contributed by atoms with E-state index in [1.807, 2.05) is 0 Å². The summed E-state index contributed by atoms with van der Waals surface area (Å²) in [5, 5.41) is 10.2. The lowest BCUT2D eigenvalue weighted by Gasteiger charge is -2.16. The Morgan fingerprint density at radius 2 is 1.74 bits per heavy atom. The molecule has 1 nitrogen and oxygen atoms in total. The maximum absolute atomic E-state index is 14.0. The lowest BCUT2D eigenvalue weighted by Crippen LogP contribution is -2.06. The van der Waals surface area contributed by atoms with Crippen LogP contribution in [0.2, 0.25) is 0 Å². The molecule has 0 aromatic heterocycles. The van der Waals surface area contributed by atoms with Crippen LogP contribution in [0.15, 0.2) is 34.8 Å². The summed E-state index contributed by atoms with van der Waals surface area (Å²) in [6.45, 7) is 3.51. The highest BCUT2D eigenvalue weighted by molar-refractivity contribution is 9.10. The van der Waals surface area contributed by atoms with Crippen LogP contribution >= 0.6 is 15.9 Å². The van der Waals surface area contributed by atoms with Crippen molar-refractivity contribution in [3.8, 4) is 0 Å². The molecule has 0 heterocycles. The average molecular weight is 327 g/mol. The van der Waals surface area contributed by atoms with E-state index in [4.69, 9.17) is 0 Å². The van der Waals surface area contributed by atoms with Crippen molar-refractivity contribution in [2.24, 2.45) is 0 Å². The second kappa shape index (κ2) is 5.39. The molecule has 4 heteroatoms. The average Bonchev–Trinajstić information content (AvgIpc) is 2.31. The molecule has 0 aliphatic rings. The number of halogens is 3. The fourth-order valence-electron chi connectivity index (χ4n) is 2.12. The number of aliphatic hydroxyl groups is 1. The van der Waals surface area contributed by atoms with E-state index in [0.717, 1.165) is 5.56 Å². The number of aryl methyl sites for hydroxylation is 2. The summed E-state index contributed by atoms with van der Waals surface area (Å²) < 4.78 is 27.7. The molecule has 2 aromatic carbocycles. The third-order valence-corrected chi connectivity index (χ3v) is 3.66. The van der Waals surface area contributed by atoms with Crippen LogP contribution in [-0.2, 0) is 0 Å². The van der Waals surface area contributed by atoms with Crippen molar-refractivity contribution < 1.29 is 13.9 Å². The first-order chi connectivity index (χ1) is 8.90. The predicted molar refractivity (Wildman–Crippen MR) is 74.0 cm³/mol. The van der Waals surface area contributed by atoms with Gasteiger partial charge in [0.1, 0.15) is 17.7 Å². The summed E-state index contributed by atoms with van der Waals surface area (Å²) in [5.41, 5.74) is 1.94. The standard InChI is InChI=1S/C15H13BrF2O/c1-8-5-9(2)14(13(18)6-8)15(19)10-3-4-11(16)12(17)7-10/h3-7,15,19H,1-2H3. The zero-order chi connectivity index (χ0) is 14.2. The fourth-order valence-corrected chi connectivity index (χ4v) is 2.37. The van der Waals surface area contributed by atoms with Crippen LogP contribution in [0.1, 0.15) is 28.4 Å². The highest BCUT2D eigenvalue weighted by Crippen LogP contribution is 2.30. The number of aliphatic hydroxyl groups excluding tert-OH is 1. The molecule has 0 spiro atoms. The van der Waals surface area contributed by atoms with Crippen LogP contribution in [0.4, 0.5) is 8.78 Å². The number of hydrogen-bond donors (Lipinski definition) is 1. The summed E-state index contributed by atoms with van der Waals surface area (Å²) in [6.07, 6.45) is -1.18. The van der Waals surface area contributed by atoms with Gasteiger partial charge in [0.05, 0.1) is 4.47 Å². The Morgan fingerprint density at radius 3 is 2.32 bits per heavy atom. The SMILES string of the molecule is Cc1cc(C)c(C(O)c2ccc(Br)c(F)c2)c(F)c1. The maximum atomic E-state index is 14.0. The number of benzene rings is 2. The van der Waals surface area contributed by atoms with Crippen molar-refractivity contribution in [3.63, 3.8) is 0 Å². The minimum Gasteiger partial charge on any atom is -0.384 e. The normalized spacial score (nSPS) is 12.5. The van der Waals surface area contributed by atoms with Crippen molar-refractivity contribution in [2.45, 2.75) is 20.0 Å². The third kappa shape index (κ3) is 2.85. The lowest BCUT2D eigenvalue weighted by atomic mass is 9.95. The van der Waals surface area contributed by atoms with E-state index in [9.17, 15) is 13.9 Å². The Hall–Kier alpha value is -1.26. The van der Waals surface area contributed by atoms with Crippen molar-refractivity contribution in [1.82, 2.24) is 0 Å². The van der Waals surface area contributed by atoms with Gasteiger partial charge in [0.15, 0.2) is 0 Å². The lowest BCUT2D eigenvalue weighted by molar-refractivity contribution is 0.213. The molecule has 0 bridgehead atoms. The molecule has 0 aliphatic heterocycles. The van der Waals surface area contributed by atoms with Crippen molar-refractivity contribution in [1.29, 1.82) is 0 Å². The summed E-state index contributed by atoms with van der Waals surface area (Å²) >= 11 is 3.04. The summed E-state index contributed by atoms with van der Waals surface area (Å²) in [7, 11) is 0. The zero-order valence-corrected chi connectivity index (χ0v) is 12.1. The van der Waals surface area contributed by atoms with Crippen LogP contribution in [0.25, 0.3) is 0 Å². The topological polar surface area (TPSA) is 20.2 Å². The van der Waals surface area contributed by atoms with Gasteiger partial charge in [-0.05, 0) is 64.7 Å². The molecule has 0 fully saturated rings. The molecule has 0 aliphatic carbocycles. The first-order valence-corrected chi connectivity index (χ1v) is 6.59. The van der Waals surface area contributed by atoms with Gasteiger partial charge in [-0.15, -0.1) is 0 Å². The molecule has 1 N–H and O–H groups in total. The van der Waals surface area contributed by atoms with Gasteiger partial charge in [0.25, 0.3) is 0 Å². The quantitative estimate of drug-likeness (QED) is 0.865. The monoisotopic (exact) mass is 326 g/mol. The van der Waals surface area contributed by atoms with Gasteiger partial charge in [-0.2, -0.15) is 0 Å². The van der Waals surface area contributed by atoms with Gasteiger partial charge in [0, 0.05) is 5.56 Å². The molecule has 100 valence electrons. The second-order valence-electron chi connectivity index (χ2n) is 4.55. The van der Waals surface area contributed by atoms with Crippen molar-refractivity contribution >= 4 is 15.9 Å². The van der Waals surface area contributed by atoms with E-state index in [1.54, 1.807) is 26.0 Å². The smallest absolute Gasteiger partial charge is 0.137 e. The zero-order valence-electron chi connectivity index (χ0n) is 10.5. The maximum Gasteiger partial charge on any atom is 0.137 e. The van der Waals surface area contributed by atoms with E-state index in [2.05, 4.69) is 15.9 Å². The van der Waals surface area contributed by atoms with Gasteiger partial charge < -0.3 is 5.11 Å². The second-order valence-corrected chi connectivity index (χ2v) is 5.41. The Balaban J connectivity index is 2.49. The van der Waals surface area contributed by atoms with Crippen LogP contribution in [-0.4, -0.2) is 5.11 Å². The molecule has 2 aromatic rings. The van der Waals surface area contributed by atoms with Crippen LogP contribution in [0.3, 0.4) is 0 Å². The van der Waals surface area contributed by atoms with Gasteiger partial charge >= 0.3 is 0 Å². The molecule has 0 amide bonds. The predicted octanol–water partition coefficient (Wildman–Crippen LogP) is 4.43. The first-order valence-electron chi connectivity index (χ1n) is 5.80. The van der Waals surface area contributed by atoms with E-state index in [1.165, 1.54) is 18.2 Å². The van der Waals surface area contributed by atoms with Crippen LogP contribution in [0.5, 0.6) is 0 Å². The molecular weight excluding hydrogens is 314 g/mol. The molecule has 1 atom stereocenters. The van der Waals surface area contributed by atoms with Gasteiger partial charge in [-0.3, -0.25) is 0 Å². The highest BCUT2D eigenvalue weighted by Gasteiger charge is 2.19. The number of hydrogen-bond acceptors (Lipinski definition) is 1. The Labute approximate surface area is 119 Å². The van der Waals surface area contributed by atoms with Crippen LogP contribution < -0.4 is 0 Å². The van der Waals surface area contributed by atoms with E-state index in [-0.39, 0.29) is 5.56 Å². The van der Waals surface area contributed by atoms with Gasteiger partial charge in [0.2, 0.25) is 0 Å². The summed E-state index contributed by atoms with van der Waals surface area (Å²) in [5.74, 6) is -0.963. The van der Waals surface area contributed by atoms with Gasteiger partial charge in [-0.25, -0.2) is 8.78 Å². The summed E-state index contributed by atoms with van der Waals surface area (Å²) in [6, 6.07) is 7.41. The molecule has 0 saturated heterocycles. The largest absolute Gasteiger partial charge is 0.384 e. The minimum atomic E-state index is -1.18.